The molecule has 1 amide bonds. The van der Waals surface area contributed by atoms with Crippen LogP contribution in [0.5, 0.6) is 5.75 Å². The number of halogens is 2. The van der Waals surface area contributed by atoms with Gasteiger partial charge < -0.3 is 20.5 Å². The number of anilines is 1. The molecule has 3 N–H and O–H groups in total. The molecule has 0 saturated carbocycles. The van der Waals surface area contributed by atoms with E-state index in [1.165, 1.54) is 6.07 Å². The van der Waals surface area contributed by atoms with Crippen LogP contribution in [0.1, 0.15) is 63.0 Å². The molecule has 0 aliphatic carbocycles. The summed E-state index contributed by atoms with van der Waals surface area (Å²) in [4.78, 5) is 17.4. The Balaban J connectivity index is 1.24. The number of nitrogens with zero attached hydrogens (tertiary/aromatic N) is 1. The van der Waals surface area contributed by atoms with E-state index >= 15 is 0 Å². The van der Waals surface area contributed by atoms with Crippen LogP contribution in [0.4, 0.5) is 14.6 Å². The maximum atomic E-state index is 14.4. The summed E-state index contributed by atoms with van der Waals surface area (Å²) in [5.74, 6) is -1.01. The van der Waals surface area contributed by atoms with Crippen molar-refractivity contribution in [1.82, 2.24) is 10.3 Å². The maximum Gasteiger partial charge on any atom is 0.251 e. The normalized spacial score (nSPS) is 16.7. The minimum absolute atomic E-state index is 0.210. The highest BCUT2D eigenvalue weighted by Crippen LogP contribution is 2.54. The number of rotatable bonds is 6. The van der Waals surface area contributed by atoms with Crippen molar-refractivity contribution in [2.75, 3.05) is 12.3 Å². The van der Waals surface area contributed by atoms with Crippen molar-refractivity contribution in [3.05, 3.63) is 111 Å². The second-order valence-corrected chi connectivity index (χ2v) is 9.41. The van der Waals surface area contributed by atoms with Crippen molar-refractivity contribution in [2.45, 2.75) is 32.6 Å². The first-order valence-electron chi connectivity index (χ1n) is 12.4. The van der Waals surface area contributed by atoms with E-state index in [1.807, 2.05) is 38.1 Å². The first kappa shape index (κ1) is 24.1. The average Bonchev–Trinajstić information content (AvgIpc) is 3.46. The van der Waals surface area contributed by atoms with Crippen LogP contribution in [0.25, 0.3) is 11.1 Å². The third kappa shape index (κ3) is 3.88. The number of nitrogens with one attached hydrogen (secondary N) is 1. The van der Waals surface area contributed by atoms with Gasteiger partial charge in [0.15, 0.2) is 11.6 Å². The number of carbonyl (C=O) groups excluding carboxylic acids is 1. The molecule has 0 fully saturated rings. The van der Waals surface area contributed by atoms with Crippen molar-refractivity contribution in [3.63, 3.8) is 0 Å². The van der Waals surface area contributed by atoms with Gasteiger partial charge in [0.2, 0.25) is 0 Å². The van der Waals surface area contributed by atoms with Gasteiger partial charge in [-0.1, -0.05) is 30.3 Å². The van der Waals surface area contributed by atoms with Gasteiger partial charge in [-0.25, -0.2) is 13.8 Å². The summed E-state index contributed by atoms with van der Waals surface area (Å²) in [7, 11) is 0. The second-order valence-electron chi connectivity index (χ2n) is 9.41. The highest BCUT2D eigenvalue weighted by atomic mass is 19.2. The molecule has 4 aromatic rings. The fourth-order valence-electron chi connectivity index (χ4n) is 5.34. The maximum absolute atomic E-state index is 14.4. The van der Waals surface area contributed by atoms with E-state index in [4.69, 9.17) is 15.2 Å². The van der Waals surface area contributed by atoms with Gasteiger partial charge >= 0.3 is 0 Å². The number of ether oxygens (including phenoxy) is 2. The topological polar surface area (TPSA) is 86.5 Å². The van der Waals surface area contributed by atoms with Gasteiger partial charge in [0.25, 0.3) is 5.91 Å². The minimum Gasteiger partial charge on any atom is -0.493 e. The van der Waals surface area contributed by atoms with Crippen molar-refractivity contribution in [2.24, 2.45) is 0 Å². The van der Waals surface area contributed by atoms with Gasteiger partial charge in [-0.2, -0.15) is 0 Å². The monoisotopic (exact) mass is 513 g/mol. The van der Waals surface area contributed by atoms with Crippen LogP contribution in [0.3, 0.4) is 0 Å². The number of hydrogen-bond donors (Lipinski definition) is 2. The number of nitrogens with two attached hydrogens (primary N) is 1. The number of nitrogen functional groups attached to an aromatic ring is 1. The number of aromatic nitrogens is 1. The fourth-order valence-corrected chi connectivity index (χ4v) is 5.34. The SMILES string of the molecule is CCOc1cc(N)nc(C)c1CNC(=O)c1ccc2c(c1)C1OC2c2cc(-c3cccc(F)c3F)ccc21. The van der Waals surface area contributed by atoms with Crippen LogP contribution in [0.2, 0.25) is 0 Å². The van der Waals surface area contributed by atoms with Gasteiger partial charge in [-0.05, 0) is 65.9 Å². The van der Waals surface area contributed by atoms with Crippen LogP contribution in [0, 0.1) is 18.6 Å². The molecule has 2 bridgehead atoms. The minimum atomic E-state index is -0.881. The summed E-state index contributed by atoms with van der Waals surface area (Å²) in [5.41, 5.74) is 12.4. The first-order chi connectivity index (χ1) is 18.4. The van der Waals surface area contributed by atoms with E-state index in [0.29, 0.717) is 35.0 Å². The van der Waals surface area contributed by atoms with Crippen molar-refractivity contribution in [3.8, 4) is 16.9 Å². The number of benzene rings is 3. The van der Waals surface area contributed by atoms with Gasteiger partial charge in [0.05, 0.1) is 6.61 Å². The standard InChI is InChI=1S/C30H25F2N3O3/c1-3-37-25-13-26(33)35-15(2)23(25)14-34-30(36)17-8-10-20-22(12-17)29-19-9-7-16(11-21(19)28(20)38-29)18-5-4-6-24(31)27(18)32/h4-13,28-29H,3,14H2,1-2H3,(H2,33,35)(H,34,36). The third-order valence-electron chi connectivity index (χ3n) is 7.14. The number of pyridine rings is 1. The summed E-state index contributed by atoms with van der Waals surface area (Å²) in [6, 6.07) is 16.9. The van der Waals surface area contributed by atoms with Crippen LogP contribution in [-0.2, 0) is 11.3 Å². The summed E-state index contributed by atoms with van der Waals surface area (Å²) < 4.78 is 40.1. The average molecular weight is 514 g/mol. The molecule has 2 atom stereocenters. The Kier molecular flexibility index (Phi) is 5.84. The predicted octanol–water partition coefficient (Wildman–Crippen LogP) is 5.77. The number of amides is 1. The molecule has 38 heavy (non-hydrogen) atoms. The zero-order valence-corrected chi connectivity index (χ0v) is 20.8. The van der Waals surface area contributed by atoms with E-state index in [0.717, 1.165) is 33.9 Å². The number of aryl methyl sites for hydroxylation is 1. The van der Waals surface area contributed by atoms with Gasteiger partial charge in [0.1, 0.15) is 23.8 Å². The molecule has 8 heteroatoms. The molecule has 0 radical (unpaired) electrons. The van der Waals surface area contributed by atoms with E-state index in [1.54, 1.807) is 24.3 Å². The Labute approximate surface area is 218 Å². The highest BCUT2D eigenvalue weighted by Gasteiger charge is 2.43. The molecule has 6 rings (SSSR count). The van der Waals surface area contributed by atoms with Gasteiger partial charge in [0, 0.05) is 35.0 Å². The van der Waals surface area contributed by atoms with Crippen molar-refractivity contribution in [1.29, 1.82) is 0 Å². The predicted molar refractivity (Wildman–Crippen MR) is 139 cm³/mol. The van der Waals surface area contributed by atoms with Crippen LogP contribution in [0.15, 0.2) is 60.7 Å². The van der Waals surface area contributed by atoms with E-state index in [9.17, 15) is 13.6 Å². The summed E-state index contributed by atoms with van der Waals surface area (Å²) >= 11 is 0. The Hall–Kier alpha value is -4.30. The van der Waals surface area contributed by atoms with E-state index in [2.05, 4.69) is 10.3 Å². The van der Waals surface area contributed by atoms with Crippen LogP contribution in [-0.4, -0.2) is 17.5 Å². The first-order valence-corrected chi connectivity index (χ1v) is 12.4. The molecular weight excluding hydrogens is 488 g/mol. The molecule has 0 saturated heterocycles. The molecule has 2 unspecified atom stereocenters. The molecule has 2 aliphatic heterocycles. The Morgan fingerprint density at radius 2 is 1.76 bits per heavy atom. The Morgan fingerprint density at radius 1 is 1.03 bits per heavy atom. The van der Waals surface area contributed by atoms with Crippen molar-refractivity contribution >= 4 is 11.7 Å². The Bertz CT molecular complexity index is 1600. The largest absolute Gasteiger partial charge is 0.493 e. The van der Waals surface area contributed by atoms with E-state index < -0.39 is 11.6 Å². The second kappa shape index (κ2) is 9.22. The Morgan fingerprint density at radius 3 is 2.53 bits per heavy atom. The summed E-state index contributed by atoms with van der Waals surface area (Å²) in [6.45, 7) is 4.43. The van der Waals surface area contributed by atoms with Gasteiger partial charge in [-0.15, -0.1) is 0 Å². The lowest BCUT2D eigenvalue weighted by atomic mass is 9.83. The number of fused-ring (bicyclic) bond motifs is 8. The summed E-state index contributed by atoms with van der Waals surface area (Å²) in [5, 5.41) is 2.96. The lowest BCUT2D eigenvalue weighted by Crippen LogP contribution is -2.24. The third-order valence-corrected chi connectivity index (χ3v) is 7.14. The molecule has 2 aliphatic rings. The molecular formula is C30H25F2N3O3. The van der Waals surface area contributed by atoms with Crippen LogP contribution >= 0.6 is 0 Å². The van der Waals surface area contributed by atoms with Gasteiger partial charge in [-0.3, -0.25) is 4.79 Å². The molecule has 3 aromatic carbocycles. The molecule has 192 valence electrons. The fraction of sp³-hybridized carbons (Fsp3) is 0.200. The smallest absolute Gasteiger partial charge is 0.251 e. The highest BCUT2D eigenvalue weighted by molar-refractivity contribution is 5.94. The summed E-state index contributed by atoms with van der Waals surface area (Å²) in [6.07, 6.45) is -0.645. The zero-order valence-electron chi connectivity index (χ0n) is 20.8. The zero-order chi connectivity index (χ0) is 26.6. The molecule has 0 spiro atoms. The molecule has 1 aromatic heterocycles. The quantitative estimate of drug-likeness (QED) is 0.342. The molecule has 6 nitrogen and oxygen atoms in total. The van der Waals surface area contributed by atoms with Crippen molar-refractivity contribution < 1.29 is 23.0 Å². The van der Waals surface area contributed by atoms with E-state index in [-0.39, 0.29) is 30.2 Å². The lowest BCUT2D eigenvalue weighted by molar-refractivity contribution is 0.0857. The number of hydrogen-bond acceptors (Lipinski definition) is 5. The number of carbonyl (C=O) groups is 1. The molecule has 3 heterocycles. The lowest BCUT2D eigenvalue weighted by Gasteiger charge is -2.18. The van der Waals surface area contributed by atoms with Crippen LogP contribution < -0.4 is 15.8 Å².